The van der Waals surface area contributed by atoms with Gasteiger partial charge in [0.25, 0.3) is 11.8 Å². The molecule has 296 valence electrons. The van der Waals surface area contributed by atoms with Crippen LogP contribution in [-0.2, 0) is 18.0 Å². The Kier molecular flexibility index (Phi) is 13.4. The van der Waals surface area contributed by atoms with E-state index in [9.17, 15) is 9.59 Å². The Morgan fingerprint density at radius 2 is 1.12 bits per heavy atom. The number of rotatable bonds is 12. The van der Waals surface area contributed by atoms with E-state index in [1.165, 1.54) is 23.5 Å². The molecule has 1 saturated heterocycles. The highest BCUT2D eigenvalue weighted by atomic mass is 16.5. The minimum atomic E-state index is -0.152. The second kappa shape index (κ2) is 19.0. The van der Waals surface area contributed by atoms with Crippen LogP contribution >= 0.6 is 0 Å². The van der Waals surface area contributed by atoms with Crippen LogP contribution in [0.1, 0.15) is 81.2 Å². The standard InChI is InChI=1S/C23H25N3O4.C21H23N3O3/c1-15-3-5-17(6-4-15)22-20(16(2)30-26-22)14-29-21-8-7-18(13-24-21)23(27)25-19-9-11-28-12-10-19;1-13(2)23-21(25)17-9-10-19(22-11-17)26-12-18-15(4)27-24-20(18)16-7-5-14(3)6-8-16/h3-8,13,19H,9-12,14H2,1-2H3,(H,25,27);5-11,13H,12H2,1-4H3,(H,23,25). The van der Waals surface area contributed by atoms with Gasteiger partial charge in [0.1, 0.15) is 36.1 Å². The normalized spacial score (nSPS) is 12.8. The smallest absolute Gasteiger partial charge is 0.253 e. The van der Waals surface area contributed by atoms with E-state index in [-0.39, 0.29) is 37.1 Å². The Labute approximate surface area is 332 Å². The Balaban J connectivity index is 0.000000194. The summed E-state index contributed by atoms with van der Waals surface area (Å²) in [4.78, 5) is 32.8. The number of nitrogens with zero attached hydrogens (tertiary/aromatic N) is 4. The fourth-order valence-corrected chi connectivity index (χ4v) is 5.95. The molecule has 57 heavy (non-hydrogen) atoms. The van der Waals surface area contributed by atoms with Crippen molar-refractivity contribution < 1.29 is 32.8 Å². The highest BCUT2D eigenvalue weighted by Crippen LogP contribution is 2.28. The molecular weight excluding hydrogens is 725 g/mol. The van der Waals surface area contributed by atoms with Crippen molar-refractivity contribution in [3.8, 4) is 34.3 Å². The van der Waals surface area contributed by atoms with Crippen LogP contribution in [0.5, 0.6) is 11.8 Å². The molecule has 1 aliphatic rings. The van der Waals surface area contributed by atoms with Crippen LogP contribution in [0.15, 0.2) is 94.2 Å². The van der Waals surface area contributed by atoms with Gasteiger partial charge in [0.05, 0.1) is 22.3 Å². The van der Waals surface area contributed by atoms with Crippen molar-refractivity contribution in [3.63, 3.8) is 0 Å². The number of carbonyl (C=O) groups is 2. The lowest BCUT2D eigenvalue weighted by Gasteiger charge is -2.23. The summed E-state index contributed by atoms with van der Waals surface area (Å²) in [6.45, 7) is 13.6. The molecule has 13 heteroatoms. The molecule has 2 aromatic carbocycles. The molecule has 0 unspecified atom stereocenters. The number of hydrogen-bond acceptors (Lipinski definition) is 11. The van der Waals surface area contributed by atoms with Crippen molar-refractivity contribution in [2.24, 2.45) is 0 Å². The summed E-state index contributed by atoms with van der Waals surface area (Å²) in [6, 6.07) is 23.2. The van der Waals surface area contributed by atoms with E-state index in [2.05, 4.69) is 30.9 Å². The number of nitrogens with one attached hydrogen (secondary N) is 2. The van der Waals surface area contributed by atoms with Crippen LogP contribution in [0.2, 0.25) is 0 Å². The quantitative estimate of drug-likeness (QED) is 0.124. The number of aromatic nitrogens is 4. The van der Waals surface area contributed by atoms with Crippen LogP contribution < -0.4 is 20.1 Å². The molecule has 5 heterocycles. The van der Waals surface area contributed by atoms with Gasteiger partial charge in [-0.05, 0) is 66.5 Å². The summed E-state index contributed by atoms with van der Waals surface area (Å²) >= 11 is 0. The van der Waals surface area contributed by atoms with Crippen LogP contribution in [0.25, 0.3) is 22.5 Å². The molecule has 13 nitrogen and oxygen atoms in total. The predicted molar refractivity (Wildman–Crippen MR) is 214 cm³/mol. The first-order chi connectivity index (χ1) is 27.5. The predicted octanol–water partition coefficient (Wildman–Crippen LogP) is 7.91. The van der Waals surface area contributed by atoms with E-state index < -0.39 is 0 Å². The van der Waals surface area contributed by atoms with Crippen LogP contribution in [0, 0.1) is 27.7 Å². The van der Waals surface area contributed by atoms with Gasteiger partial charge in [-0.15, -0.1) is 0 Å². The molecule has 0 aliphatic carbocycles. The number of hydrogen-bond donors (Lipinski definition) is 2. The fraction of sp³-hybridized carbons (Fsp3) is 0.318. The number of amides is 2. The first-order valence-electron chi connectivity index (χ1n) is 19.0. The highest BCUT2D eigenvalue weighted by Gasteiger charge is 2.19. The Morgan fingerprint density at radius 3 is 1.54 bits per heavy atom. The van der Waals surface area contributed by atoms with Gasteiger partial charge >= 0.3 is 0 Å². The topological polar surface area (TPSA) is 164 Å². The Bertz CT molecular complexity index is 2220. The largest absolute Gasteiger partial charge is 0.473 e. The van der Waals surface area contributed by atoms with E-state index >= 15 is 0 Å². The zero-order chi connectivity index (χ0) is 40.3. The maximum absolute atomic E-state index is 12.4. The fourth-order valence-electron chi connectivity index (χ4n) is 5.95. The molecule has 0 bridgehead atoms. The summed E-state index contributed by atoms with van der Waals surface area (Å²) in [5, 5.41) is 14.2. The molecule has 4 aromatic heterocycles. The monoisotopic (exact) mass is 772 g/mol. The summed E-state index contributed by atoms with van der Waals surface area (Å²) in [7, 11) is 0. The van der Waals surface area contributed by atoms with Crippen molar-refractivity contribution >= 4 is 11.8 Å². The first-order valence-corrected chi connectivity index (χ1v) is 19.0. The third-order valence-electron chi connectivity index (χ3n) is 9.32. The van der Waals surface area contributed by atoms with Crippen molar-refractivity contribution in [1.29, 1.82) is 0 Å². The zero-order valence-electron chi connectivity index (χ0n) is 33.1. The van der Waals surface area contributed by atoms with Gasteiger partial charge < -0.3 is 33.9 Å². The third kappa shape index (κ3) is 10.9. The van der Waals surface area contributed by atoms with Crippen molar-refractivity contribution in [2.75, 3.05) is 13.2 Å². The molecule has 0 atom stereocenters. The van der Waals surface area contributed by atoms with Crippen LogP contribution in [0.3, 0.4) is 0 Å². The number of ether oxygens (including phenoxy) is 3. The van der Waals surface area contributed by atoms with Crippen molar-refractivity contribution in [3.05, 3.63) is 130 Å². The second-order valence-electron chi connectivity index (χ2n) is 14.2. The highest BCUT2D eigenvalue weighted by molar-refractivity contribution is 5.94. The van der Waals surface area contributed by atoms with Crippen LogP contribution in [-0.4, -0.2) is 57.4 Å². The molecule has 1 aliphatic heterocycles. The molecule has 2 amide bonds. The number of carbonyl (C=O) groups excluding carboxylic acids is 2. The third-order valence-corrected chi connectivity index (χ3v) is 9.32. The summed E-state index contributed by atoms with van der Waals surface area (Å²) in [5.74, 6) is 2.01. The molecule has 0 spiro atoms. The first kappa shape index (κ1) is 40.3. The van der Waals surface area contributed by atoms with Crippen LogP contribution in [0.4, 0.5) is 0 Å². The van der Waals surface area contributed by atoms with E-state index in [1.807, 2.05) is 90.1 Å². The minimum Gasteiger partial charge on any atom is -0.473 e. The lowest BCUT2D eigenvalue weighted by atomic mass is 10.1. The van der Waals surface area contributed by atoms with E-state index in [0.29, 0.717) is 47.6 Å². The average molecular weight is 773 g/mol. The second-order valence-corrected chi connectivity index (χ2v) is 14.2. The lowest BCUT2D eigenvalue weighted by molar-refractivity contribution is 0.0696. The maximum atomic E-state index is 12.4. The van der Waals surface area contributed by atoms with Gasteiger partial charge in [-0.1, -0.05) is 70.0 Å². The van der Waals surface area contributed by atoms with E-state index in [4.69, 9.17) is 23.3 Å². The molecule has 6 aromatic rings. The van der Waals surface area contributed by atoms with E-state index in [1.54, 1.807) is 24.3 Å². The molecular formula is C44H48N6O7. The zero-order valence-corrected chi connectivity index (χ0v) is 33.1. The maximum Gasteiger partial charge on any atom is 0.253 e. The summed E-state index contributed by atoms with van der Waals surface area (Å²) < 4.78 is 27.7. The summed E-state index contributed by atoms with van der Waals surface area (Å²) in [5.41, 5.74) is 8.61. The minimum absolute atomic E-state index is 0.0742. The van der Waals surface area contributed by atoms with Gasteiger partial charge in [0.2, 0.25) is 11.8 Å². The van der Waals surface area contributed by atoms with Crippen molar-refractivity contribution in [1.82, 2.24) is 30.9 Å². The SMILES string of the molecule is Cc1ccc(-c2noc(C)c2COc2ccc(C(=O)NC(C)C)cn2)cc1.Cc1ccc(-c2noc(C)c2COc2ccc(C(=O)NC3CCOCC3)cn2)cc1. The molecule has 0 saturated carbocycles. The molecule has 2 N–H and O–H groups in total. The molecule has 1 fully saturated rings. The molecule has 0 radical (unpaired) electrons. The van der Waals surface area contributed by atoms with E-state index in [0.717, 1.165) is 46.5 Å². The average Bonchev–Trinajstić information content (AvgIpc) is 3.78. The van der Waals surface area contributed by atoms with Crippen molar-refractivity contribution in [2.45, 2.75) is 79.7 Å². The van der Waals surface area contributed by atoms with Gasteiger partial charge in [0.15, 0.2) is 0 Å². The lowest BCUT2D eigenvalue weighted by Crippen LogP contribution is -2.38. The van der Waals surface area contributed by atoms with Gasteiger partial charge in [0, 0.05) is 61.0 Å². The number of aryl methyl sites for hydroxylation is 4. The van der Waals surface area contributed by atoms with Gasteiger partial charge in [-0.3, -0.25) is 9.59 Å². The summed E-state index contributed by atoms with van der Waals surface area (Å²) in [6.07, 6.45) is 4.71. The number of pyridine rings is 2. The Hall–Kier alpha value is -6.34. The number of benzene rings is 2. The molecule has 7 rings (SSSR count). The van der Waals surface area contributed by atoms with Gasteiger partial charge in [-0.2, -0.15) is 0 Å². The Morgan fingerprint density at radius 1 is 0.667 bits per heavy atom. The van der Waals surface area contributed by atoms with Gasteiger partial charge in [-0.25, -0.2) is 9.97 Å².